The number of rotatable bonds is 7. The van der Waals surface area contributed by atoms with Gasteiger partial charge in [-0.05, 0) is 110 Å². The van der Waals surface area contributed by atoms with Crippen LogP contribution >= 0.6 is 0 Å². The number of aliphatic imine (C=N–C) groups is 3. The van der Waals surface area contributed by atoms with Gasteiger partial charge in [0.15, 0.2) is 5.84 Å². The van der Waals surface area contributed by atoms with Crippen molar-refractivity contribution in [1.82, 2.24) is 4.98 Å². The van der Waals surface area contributed by atoms with E-state index < -0.39 is 0 Å². The molecule has 258 valence electrons. The van der Waals surface area contributed by atoms with Crippen LogP contribution in [0.15, 0.2) is 191 Å². The highest BCUT2D eigenvalue weighted by molar-refractivity contribution is 6.22. The summed E-state index contributed by atoms with van der Waals surface area (Å²) in [7, 11) is 0. The summed E-state index contributed by atoms with van der Waals surface area (Å²) in [6.45, 7) is 4.40. The highest BCUT2D eigenvalue weighted by Gasteiger charge is 2.18. The first-order chi connectivity index (χ1) is 26.7. The standard InChI is InChI=1S/C50H38N4/c1-34(36-15-3-2-4-16-36)54-50(53-31-35-14-11-18-37(28-35)41-21-13-27-51-32-41)40-20-12-19-39(30-40)48-43-22-6-8-24-45(43)49(46-25-9-7-23-44(46)48)42-29-38-17-5-10-26-47(38)52-33-42/h2-3,5-12,14-15,17-20,22-33H,1,4,13,16,21H2/b53-31+,54-50-. The highest BCUT2D eigenvalue weighted by atomic mass is 14.9. The number of pyridine rings is 1. The van der Waals surface area contributed by atoms with Crippen molar-refractivity contribution in [3.8, 4) is 22.3 Å². The summed E-state index contributed by atoms with van der Waals surface area (Å²) in [5.41, 5.74) is 11.8. The van der Waals surface area contributed by atoms with Gasteiger partial charge in [0.1, 0.15) is 0 Å². The lowest BCUT2D eigenvalue weighted by molar-refractivity contribution is 0.964. The summed E-state index contributed by atoms with van der Waals surface area (Å²) >= 11 is 0. The third kappa shape index (κ3) is 6.55. The summed E-state index contributed by atoms with van der Waals surface area (Å²) in [4.78, 5) is 19.5. The number of nitrogens with zero attached hydrogens (tertiary/aromatic N) is 4. The number of para-hydroxylation sites is 1. The van der Waals surface area contributed by atoms with Crippen molar-refractivity contribution in [2.24, 2.45) is 15.0 Å². The third-order valence-electron chi connectivity index (χ3n) is 10.3. The molecule has 1 aromatic heterocycles. The summed E-state index contributed by atoms with van der Waals surface area (Å²) in [5, 5.41) is 5.86. The molecule has 0 amide bonds. The highest BCUT2D eigenvalue weighted by Crippen LogP contribution is 2.44. The Hall–Kier alpha value is -6.78. The molecule has 4 nitrogen and oxygen atoms in total. The first-order valence-corrected chi connectivity index (χ1v) is 18.6. The number of hydrogen-bond acceptors (Lipinski definition) is 3. The molecular weight excluding hydrogens is 657 g/mol. The van der Waals surface area contributed by atoms with Crippen molar-refractivity contribution in [2.45, 2.75) is 25.7 Å². The molecule has 0 radical (unpaired) electrons. The predicted molar refractivity (Wildman–Crippen MR) is 229 cm³/mol. The quantitative estimate of drug-likeness (QED) is 0.0931. The van der Waals surface area contributed by atoms with Crippen LogP contribution in [0.2, 0.25) is 0 Å². The molecule has 7 aromatic rings. The maximum Gasteiger partial charge on any atom is 0.159 e. The van der Waals surface area contributed by atoms with Crippen LogP contribution in [0.25, 0.3) is 60.3 Å². The number of benzene rings is 6. The van der Waals surface area contributed by atoms with E-state index in [1.165, 1.54) is 43.8 Å². The molecular formula is C50H38N4. The Balaban J connectivity index is 1.19. The van der Waals surface area contributed by atoms with Crippen LogP contribution in [0.3, 0.4) is 0 Å². The SMILES string of the molecule is C=C(/N=C(\N=C\c1cccc(C2=CN=CCC2)c1)c1cccc(-c2c3ccccc3c(-c3cnc4ccccc4c3)c3ccccc23)c1)C1=CC=CCC1. The largest absolute Gasteiger partial charge is 0.269 e. The van der Waals surface area contributed by atoms with Gasteiger partial charge in [0, 0.05) is 41.3 Å². The molecule has 0 spiro atoms. The van der Waals surface area contributed by atoms with Gasteiger partial charge in [-0.1, -0.05) is 128 Å². The fraction of sp³-hybridized carbons (Fsp3) is 0.0800. The lowest BCUT2D eigenvalue weighted by Gasteiger charge is -2.18. The fourth-order valence-electron chi connectivity index (χ4n) is 7.66. The topological polar surface area (TPSA) is 50.0 Å². The van der Waals surface area contributed by atoms with Gasteiger partial charge in [0.2, 0.25) is 0 Å². The molecule has 1 aliphatic carbocycles. The molecule has 0 saturated heterocycles. The van der Waals surface area contributed by atoms with Gasteiger partial charge in [-0.25, -0.2) is 9.98 Å². The van der Waals surface area contributed by atoms with E-state index in [1.807, 2.05) is 30.9 Å². The van der Waals surface area contributed by atoms with Gasteiger partial charge in [-0.2, -0.15) is 0 Å². The summed E-state index contributed by atoms with van der Waals surface area (Å²) in [6.07, 6.45) is 18.1. The van der Waals surface area contributed by atoms with Gasteiger partial charge < -0.3 is 0 Å². The first-order valence-electron chi connectivity index (χ1n) is 18.6. The molecule has 4 heteroatoms. The lowest BCUT2D eigenvalue weighted by atomic mass is 9.86. The first kappa shape index (κ1) is 33.1. The third-order valence-corrected chi connectivity index (χ3v) is 10.3. The Morgan fingerprint density at radius 2 is 1.39 bits per heavy atom. The second-order valence-electron chi connectivity index (χ2n) is 13.8. The molecule has 54 heavy (non-hydrogen) atoms. The van der Waals surface area contributed by atoms with Crippen molar-refractivity contribution in [2.75, 3.05) is 0 Å². The molecule has 2 aliphatic rings. The molecule has 0 fully saturated rings. The van der Waals surface area contributed by atoms with Crippen molar-refractivity contribution in [1.29, 1.82) is 0 Å². The zero-order valence-corrected chi connectivity index (χ0v) is 30.0. The molecule has 6 aromatic carbocycles. The smallest absolute Gasteiger partial charge is 0.159 e. The minimum Gasteiger partial charge on any atom is -0.269 e. The summed E-state index contributed by atoms with van der Waals surface area (Å²) < 4.78 is 0. The van der Waals surface area contributed by atoms with E-state index in [4.69, 9.17) is 15.0 Å². The zero-order chi connectivity index (χ0) is 36.3. The summed E-state index contributed by atoms with van der Waals surface area (Å²) in [5.74, 6) is 0.622. The van der Waals surface area contributed by atoms with Crippen molar-refractivity contribution < 1.29 is 0 Å². The minimum absolute atomic E-state index is 0.622. The van der Waals surface area contributed by atoms with E-state index in [-0.39, 0.29) is 0 Å². The maximum absolute atomic E-state index is 5.12. The van der Waals surface area contributed by atoms with Crippen LogP contribution in [-0.2, 0) is 0 Å². The average Bonchev–Trinajstić information content (AvgIpc) is 3.24. The molecule has 9 rings (SSSR count). The fourth-order valence-corrected chi connectivity index (χ4v) is 7.66. The molecule has 1 aliphatic heterocycles. The van der Waals surface area contributed by atoms with Crippen LogP contribution in [0.4, 0.5) is 0 Å². The van der Waals surface area contributed by atoms with Crippen LogP contribution < -0.4 is 0 Å². The molecule has 0 N–H and O–H groups in total. The number of aromatic nitrogens is 1. The number of hydrogen-bond donors (Lipinski definition) is 0. The Kier molecular flexibility index (Phi) is 9.00. The number of allylic oxidation sites excluding steroid dienone is 5. The Labute approximate surface area is 315 Å². The van der Waals surface area contributed by atoms with E-state index >= 15 is 0 Å². The Bertz CT molecular complexity index is 2740. The average molecular weight is 695 g/mol. The molecule has 0 bridgehead atoms. The predicted octanol–water partition coefficient (Wildman–Crippen LogP) is 12.7. The Morgan fingerprint density at radius 3 is 2.13 bits per heavy atom. The molecule has 0 atom stereocenters. The van der Waals surface area contributed by atoms with E-state index in [9.17, 15) is 0 Å². The van der Waals surface area contributed by atoms with Gasteiger partial charge in [-0.3, -0.25) is 9.98 Å². The van der Waals surface area contributed by atoms with Crippen molar-refractivity contribution in [3.63, 3.8) is 0 Å². The normalized spacial score (nSPS) is 14.6. The molecule has 0 unspecified atom stereocenters. The van der Waals surface area contributed by atoms with Crippen LogP contribution in [-0.4, -0.2) is 23.2 Å². The van der Waals surface area contributed by atoms with Gasteiger partial charge >= 0.3 is 0 Å². The van der Waals surface area contributed by atoms with Gasteiger partial charge in [0.25, 0.3) is 0 Å². The van der Waals surface area contributed by atoms with Gasteiger partial charge in [0.05, 0.1) is 11.2 Å². The monoisotopic (exact) mass is 694 g/mol. The van der Waals surface area contributed by atoms with Crippen LogP contribution in [0.1, 0.15) is 42.4 Å². The van der Waals surface area contributed by atoms with Crippen LogP contribution in [0, 0.1) is 0 Å². The maximum atomic E-state index is 5.12. The number of amidine groups is 1. The zero-order valence-electron chi connectivity index (χ0n) is 30.0. The van der Waals surface area contributed by atoms with E-state index in [0.717, 1.165) is 70.1 Å². The van der Waals surface area contributed by atoms with E-state index in [2.05, 4.69) is 151 Å². The van der Waals surface area contributed by atoms with Gasteiger partial charge in [-0.15, -0.1) is 0 Å². The molecule has 2 heterocycles. The minimum atomic E-state index is 0.622. The second-order valence-corrected chi connectivity index (χ2v) is 13.8. The van der Waals surface area contributed by atoms with E-state index in [0.29, 0.717) is 5.84 Å². The van der Waals surface area contributed by atoms with Crippen LogP contribution in [0.5, 0.6) is 0 Å². The Morgan fingerprint density at radius 1 is 0.667 bits per heavy atom. The second kappa shape index (κ2) is 14.7. The summed E-state index contributed by atoms with van der Waals surface area (Å²) in [6, 6.07) is 45.1. The lowest BCUT2D eigenvalue weighted by Crippen LogP contribution is -2.02. The number of fused-ring (bicyclic) bond motifs is 3. The molecule has 0 saturated carbocycles. The van der Waals surface area contributed by atoms with Crippen molar-refractivity contribution >= 4 is 56.3 Å². The van der Waals surface area contributed by atoms with Crippen molar-refractivity contribution in [3.05, 3.63) is 193 Å². The van der Waals surface area contributed by atoms with E-state index in [1.54, 1.807) is 0 Å².